The lowest BCUT2D eigenvalue weighted by molar-refractivity contribution is -0.139. The molecular weight excluding hydrogens is 456 g/mol. The highest BCUT2D eigenvalue weighted by molar-refractivity contribution is 7.14. The lowest BCUT2D eigenvalue weighted by atomic mass is 9.79. The van der Waals surface area contributed by atoms with Crippen LogP contribution >= 0.6 is 11.3 Å². The lowest BCUT2D eigenvalue weighted by Gasteiger charge is -2.31. The summed E-state index contributed by atoms with van der Waals surface area (Å²) in [4.78, 5) is 42.3. The molecule has 1 amide bonds. The van der Waals surface area contributed by atoms with E-state index in [0.29, 0.717) is 44.6 Å². The highest BCUT2D eigenvalue weighted by atomic mass is 32.1. The van der Waals surface area contributed by atoms with Crippen molar-refractivity contribution in [1.29, 1.82) is 0 Å². The number of para-hydroxylation sites is 1. The number of nitrogens with one attached hydrogen (secondary N) is 3. The van der Waals surface area contributed by atoms with Crippen molar-refractivity contribution in [2.24, 2.45) is 0 Å². The zero-order valence-electron chi connectivity index (χ0n) is 19.8. The number of carbonyl (C=O) groups is 3. The monoisotopic (exact) mass is 484 g/mol. The lowest BCUT2D eigenvalue weighted by Crippen LogP contribution is -2.32. The number of benzene rings is 1. The van der Waals surface area contributed by atoms with Crippen molar-refractivity contribution in [2.45, 2.75) is 33.6 Å². The Morgan fingerprint density at radius 2 is 1.62 bits per heavy atom. The van der Waals surface area contributed by atoms with Gasteiger partial charge < -0.3 is 25.4 Å². The van der Waals surface area contributed by atoms with Gasteiger partial charge in [-0.1, -0.05) is 18.2 Å². The molecule has 2 aromatic rings. The third-order valence-corrected chi connectivity index (χ3v) is 5.99. The van der Waals surface area contributed by atoms with E-state index in [1.807, 2.05) is 24.3 Å². The summed E-state index contributed by atoms with van der Waals surface area (Å²) in [5.41, 5.74) is 3.45. The van der Waals surface area contributed by atoms with Crippen LogP contribution in [0.3, 0.4) is 0 Å². The molecule has 1 aliphatic heterocycles. The van der Waals surface area contributed by atoms with Gasteiger partial charge in [-0.2, -0.15) is 0 Å². The standard InChI is InChI=1S/C24H28N4O5S/c1-6-32-22(30)18-13(3)26-14(4)19(23(31)33-7-2)20(18)15-10-8-9-11-16(15)27-24-28-17(12-34-24)21(29)25-5/h8-12,20,26H,6-7H2,1-5H3,(H,25,29)(H,27,28). The first kappa shape index (κ1) is 25.0. The first-order chi connectivity index (χ1) is 16.3. The van der Waals surface area contributed by atoms with Crippen LogP contribution in [-0.2, 0) is 19.1 Å². The van der Waals surface area contributed by atoms with E-state index in [4.69, 9.17) is 9.47 Å². The summed E-state index contributed by atoms with van der Waals surface area (Å²) in [6.07, 6.45) is 0. The van der Waals surface area contributed by atoms with E-state index in [9.17, 15) is 14.4 Å². The summed E-state index contributed by atoms with van der Waals surface area (Å²) in [5, 5.41) is 11.1. The predicted octanol–water partition coefficient (Wildman–Crippen LogP) is 3.61. The highest BCUT2D eigenvalue weighted by Crippen LogP contribution is 2.42. The zero-order chi connectivity index (χ0) is 24.8. The first-order valence-corrected chi connectivity index (χ1v) is 11.8. The van der Waals surface area contributed by atoms with Gasteiger partial charge in [0, 0.05) is 29.5 Å². The number of aromatic nitrogens is 1. The van der Waals surface area contributed by atoms with Crippen LogP contribution in [0.25, 0.3) is 0 Å². The van der Waals surface area contributed by atoms with Crippen molar-refractivity contribution >= 4 is 40.0 Å². The summed E-state index contributed by atoms with van der Waals surface area (Å²) in [6.45, 7) is 7.40. The van der Waals surface area contributed by atoms with E-state index in [1.54, 1.807) is 40.1 Å². The maximum atomic E-state index is 13.0. The second-order valence-electron chi connectivity index (χ2n) is 7.41. The van der Waals surface area contributed by atoms with E-state index in [0.717, 1.165) is 0 Å². The predicted molar refractivity (Wildman–Crippen MR) is 130 cm³/mol. The average molecular weight is 485 g/mol. The molecule has 180 valence electrons. The molecule has 0 atom stereocenters. The second kappa shape index (κ2) is 11.0. The minimum atomic E-state index is -0.735. The van der Waals surface area contributed by atoms with Crippen LogP contribution in [0, 0.1) is 0 Å². The van der Waals surface area contributed by atoms with Crippen LogP contribution in [0.5, 0.6) is 0 Å². The average Bonchev–Trinajstić information content (AvgIpc) is 3.27. The van der Waals surface area contributed by atoms with E-state index >= 15 is 0 Å². The van der Waals surface area contributed by atoms with Crippen molar-refractivity contribution in [3.8, 4) is 0 Å². The molecule has 3 rings (SSSR count). The Bertz CT molecular complexity index is 1130. The fourth-order valence-corrected chi connectivity index (χ4v) is 4.51. The Hall–Kier alpha value is -3.66. The number of ether oxygens (including phenoxy) is 2. The van der Waals surface area contributed by atoms with Gasteiger partial charge in [0.05, 0.1) is 30.3 Å². The highest BCUT2D eigenvalue weighted by Gasteiger charge is 2.39. The smallest absolute Gasteiger partial charge is 0.336 e. The molecule has 9 nitrogen and oxygen atoms in total. The minimum absolute atomic E-state index is 0.195. The molecule has 0 bridgehead atoms. The molecule has 1 aromatic carbocycles. The van der Waals surface area contributed by atoms with Gasteiger partial charge in [0.25, 0.3) is 5.91 Å². The van der Waals surface area contributed by atoms with Crippen molar-refractivity contribution in [1.82, 2.24) is 15.6 Å². The van der Waals surface area contributed by atoms with E-state index in [2.05, 4.69) is 20.9 Å². The Labute approximate surface area is 202 Å². The SMILES string of the molecule is CCOC(=O)C1=C(C)NC(C)=C(C(=O)OCC)C1c1ccccc1Nc1nc(C(=O)NC)cs1. The first-order valence-electron chi connectivity index (χ1n) is 10.9. The summed E-state index contributed by atoms with van der Waals surface area (Å²) in [7, 11) is 1.54. The van der Waals surface area contributed by atoms with Gasteiger partial charge in [-0.15, -0.1) is 11.3 Å². The Kier molecular flexibility index (Phi) is 8.06. The molecule has 1 aromatic heterocycles. The third-order valence-electron chi connectivity index (χ3n) is 5.23. The van der Waals surface area contributed by atoms with Gasteiger partial charge in [-0.05, 0) is 39.3 Å². The number of amides is 1. The van der Waals surface area contributed by atoms with Crippen LogP contribution in [0.2, 0.25) is 0 Å². The number of hydrogen-bond donors (Lipinski definition) is 3. The van der Waals surface area contributed by atoms with Crippen LogP contribution in [0.1, 0.15) is 49.7 Å². The van der Waals surface area contributed by atoms with Crippen LogP contribution in [-0.4, -0.2) is 43.1 Å². The molecule has 10 heteroatoms. The summed E-state index contributed by atoms with van der Waals surface area (Å²) in [5.74, 6) is -2.06. The number of esters is 2. The second-order valence-corrected chi connectivity index (χ2v) is 8.26. The summed E-state index contributed by atoms with van der Waals surface area (Å²) < 4.78 is 10.7. The largest absolute Gasteiger partial charge is 0.463 e. The molecular formula is C24H28N4O5S. The van der Waals surface area contributed by atoms with Gasteiger partial charge in [0.2, 0.25) is 0 Å². The number of carbonyl (C=O) groups excluding carboxylic acids is 3. The quantitative estimate of drug-likeness (QED) is 0.486. The zero-order valence-corrected chi connectivity index (χ0v) is 20.6. The third kappa shape index (κ3) is 5.12. The fraction of sp³-hybridized carbons (Fsp3) is 0.333. The number of thiazole rings is 1. The molecule has 34 heavy (non-hydrogen) atoms. The van der Waals surface area contributed by atoms with E-state index < -0.39 is 17.9 Å². The molecule has 0 fully saturated rings. The van der Waals surface area contributed by atoms with Gasteiger partial charge in [-0.3, -0.25) is 4.79 Å². The topological polar surface area (TPSA) is 119 Å². The van der Waals surface area contributed by atoms with Crippen molar-refractivity contribution in [2.75, 3.05) is 25.6 Å². The van der Waals surface area contributed by atoms with E-state index in [1.165, 1.54) is 11.3 Å². The normalized spacial score (nSPS) is 13.9. The van der Waals surface area contributed by atoms with Crippen molar-refractivity contribution in [3.05, 3.63) is 63.4 Å². The number of dihydropyridines is 1. The fourth-order valence-electron chi connectivity index (χ4n) is 3.81. The molecule has 3 N–H and O–H groups in total. The number of anilines is 2. The molecule has 0 aliphatic carbocycles. The van der Waals surface area contributed by atoms with Crippen LogP contribution in [0.4, 0.5) is 10.8 Å². The molecule has 0 saturated carbocycles. The van der Waals surface area contributed by atoms with Gasteiger partial charge in [0.1, 0.15) is 5.69 Å². The number of rotatable bonds is 8. The minimum Gasteiger partial charge on any atom is -0.463 e. The maximum absolute atomic E-state index is 13.0. The van der Waals surface area contributed by atoms with Crippen molar-refractivity contribution < 1.29 is 23.9 Å². The molecule has 0 spiro atoms. The van der Waals surface area contributed by atoms with Crippen molar-refractivity contribution in [3.63, 3.8) is 0 Å². The van der Waals surface area contributed by atoms with Gasteiger partial charge in [0.15, 0.2) is 5.13 Å². The number of hydrogen-bond acceptors (Lipinski definition) is 9. The molecule has 1 aliphatic rings. The summed E-state index contributed by atoms with van der Waals surface area (Å²) >= 11 is 1.27. The van der Waals surface area contributed by atoms with Gasteiger partial charge in [-0.25, -0.2) is 14.6 Å². The molecule has 0 unspecified atom stereocenters. The Morgan fingerprint density at radius 1 is 1.03 bits per heavy atom. The Morgan fingerprint density at radius 3 is 2.18 bits per heavy atom. The molecule has 2 heterocycles. The molecule has 0 saturated heterocycles. The van der Waals surface area contributed by atoms with Crippen LogP contribution in [0.15, 0.2) is 52.2 Å². The number of nitrogens with zero attached hydrogens (tertiary/aromatic N) is 1. The number of allylic oxidation sites excluding steroid dienone is 2. The Balaban J connectivity index is 2.13. The summed E-state index contributed by atoms with van der Waals surface area (Å²) in [6, 6.07) is 7.33. The maximum Gasteiger partial charge on any atom is 0.336 e. The van der Waals surface area contributed by atoms with Gasteiger partial charge >= 0.3 is 11.9 Å². The van der Waals surface area contributed by atoms with Crippen LogP contribution < -0.4 is 16.0 Å². The molecule has 0 radical (unpaired) electrons. The van der Waals surface area contributed by atoms with E-state index in [-0.39, 0.29) is 19.1 Å².